The molecular formula is C22H27N3O8S. The normalized spacial score (nSPS) is 13.4. The van der Waals surface area contributed by atoms with Gasteiger partial charge in [0.05, 0.1) is 12.0 Å². The second kappa shape index (κ2) is 10.7. The van der Waals surface area contributed by atoms with Crippen molar-refractivity contribution < 1.29 is 32.8 Å². The number of carbonyl (C=O) groups is 2. The van der Waals surface area contributed by atoms with Crippen molar-refractivity contribution in [2.24, 2.45) is 0 Å². The number of hydrazine groups is 1. The Morgan fingerprint density at radius 1 is 1.18 bits per heavy atom. The van der Waals surface area contributed by atoms with Crippen molar-refractivity contribution in [1.29, 1.82) is 0 Å². The van der Waals surface area contributed by atoms with E-state index in [0.29, 0.717) is 4.41 Å². The Hall–Kier alpha value is -3.35. The summed E-state index contributed by atoms with van der Waals surface area (Å²) in [6.45, 7) is 6.67. The Kier molecular flexibility index (Phi) is 8.48. The average molecular weight is 494 g/mol. The first-order chi connectivity index (χ1) is 15.8. The van der Waals surface area contributed by atoms with Crippen molar-refractivity contribution in [1.82, 2.24) is 9.84 Å². The third-order valence-electron chi connectivity index (χ3n) is 5.33. The predicted octanol–water partition coefficient (Wildman–Crippen LogP) is 2.27. The molecule has 0 aromatic heterocycles. The third-order valence-corrected chi connectivity index (χ3v) is 7.17. The summed E-state index contributed by atoms with van der Waals surface area (Å²) in [5.74, 6) is -2.36. The molecule has 0 spiro atoms. The van der Waals surface area contributed by atoms with E-state index in [-0.39, 0.29) is 6.42 Å². The van der Waals surface area contributed by atoms with E-state index in [4.69, 9.17) is 4.74 Å². The maximum absolute atomic E-state index is 13.4. The number of esters is 1. The summed E-state index contributed by atoms with van der Waals surface area (Å²) in [4.78, 5) is 34.2. The van der Waals surface area contributed by atoms with Gasteiger partial charge in [-0.1, -0.05) is 29.8 Å². The molecule has 2 aromatic carbocycles. The fourth-order valence-corrected chi connectivity index (χ4v) is 5.28. The maximum Gasteiger partial charge on any atom is 0.324 e. The van der Waals surface area contributed by atoms with E-state index in [0.717, 1.165) is 48.4 Å². The zero-order chi connectivity index (χ0) is 25.8. The van der Waals surface area contributed by atoms with Crippen molar-refractivity contribution in [2.45, 2.75) is 51.1 Å². The maximum atomic E-state index is 13.4. The molecule has 0 amide bonds. The van der Waals surface area contributed by atoms with E-state index in [1.165, 1.54) is 12.1 Å². The van der Waals surface area contributed by atoms with Crippen LogP contribution in [0.25, 0.3) is 0 Å². The lowest BCUT2D eigenvalue weighted by molar-refractivity contribution is -0.387. The topological polar surface area (TPSA) is 156 Å². The molecule has 2 atom stereocenters. The number of carbonyl (C=O) groups excluding carboxylic acids is 1. The first-order valence-electron chi connectivity index (χ1n) is 10.2. The molecular weight excluding hydrogens is 466 g/mol. The minimum Gasteiger partial charge on any atom is -0.480 e. The van der Waals surface area contributed by atoms with Crippen LogP contribution in [0, 0.1) is 30.9 Å². The monoisotopic (exact) mass is 493 g/mol. The third kappa shape index (κ3) is 5.76. The Balaban J connectivity index is 2.60. The fraction of sp³-hybridized carbons (Fsp3) is 0.364. The molecule has 2 rings (SSSR count). The lowest BCUT2D eigenvalue weighted by Crippen LogP contribution is -2.57. The summed E-state index contributed by atoms with van der Waals surface area (Å²) in [7, 11) is -3.67. The molecule has 0 aliphatic rings. The predicted molar refractivity (Wildman–Crippen MR) is 123 cm³/mol. The van der Waals surface area contributed by atoms with Crippen molar-refractivity contribution in [2.75, 3.05) is 7.11 Å². The number of ether oxygens (including phenoxy) is 1. The Morgan fingerprint density at radius 2 is 1.74 bits per heavy atom. The molecule has 34 heavy (non-hydrogen) atoms. The number of sulfonamides is 1. The minimum absolute atomic E-state index is 0.0140. The zero-order valence-corrected chi connectivity index (χ0v) is 20.3. The number of benzene rings is 2. The Morgan fingerprint density at radius 3 is 2.24 bits per heavy atom. The molecule has 0 aliphatic heterocycles. The number of hydrogen-bond donors (Lipinski definition) is 2. The quantitative estimate of drug-likeness (QED) is 0.288. The van der Waals surface area contributed by atoms with Crippen molar-refractivity contribution >= 4 is 27.6 Å². The number of rotatable bonds is 10. The highest BCUT2D eigenvalue weighted by Gasteiger charge is 2.40. The number of nitro benzene ring substituents is 1. The summed E-state index contributed by atoms with van der Waals surface area (Å²) in [5.41, 5.74) is 5.21. The highest BCUT2D eigenvalue weighted by Crippen LogP contribution is 2.27. The largest absolute Gasteiger partial charge is 0.480 e. The first kappa shape index (κ1) is 26.9. The molecule has 0 saturated heterocycles. The lowest BCUT2D eigenvalue weighted by Gasteiger charge is -2.30. The van der Waals surface area contributed by atoms with E-state index in [1.807, 2.05) is 32.9 Å². The van der Waals surface area contributed by atoms with Gasteiger partial charge >= 0.3 is 11.9 Å². The number of carboxylic acids is 1. The number of methoxy groups -OCH3 is 1. The second-order valence-corrected chi connectivity index (χ2v) is 9.61. The van der Waals surface area contributed by atoms with Gasteiger partial charge in [0.15, 0.2) is 4.90 Å². The molecule has 0 aliphatic carbocycles. The van der Waals surface area contributed by atoms with Gasteiger partial charge in [0, 0.05) is 12.5 Å². The highest BCUT2D eigenvalue weighted by molar-refractivity contribution is 7.89. The van der Waals surface area contributed by atoms with Gasteiger partial charge in [0.1, 0.15) is 12.1 Å². The smallest absolute Gasteiger partial charge is 0.324 e. The summed E-state index contributed by atoms with van der Waals surface area (Å²) < 4.78 is 32.0. The van der Waals surface area contributed by atoms with Gasteiger partial charge in [-0.15, -0.1) is 4.41 Å². The van der Waals surface area contributed by atoms with Gasteiger partial charge in [0.25, 0.3) is 15.7 Å². The van der Waals surface area contributed by atoms with E-state index in [2.05, 4.69) is 5.43 Å². The van der Waals surface area contributed by atoms with Crippen LogP contribution in [0.15, 0.2) is 41.3 Å². The number of hydrogen-bond acceptors (Lipinski definition) is 8. The number of para-hydroxylation sites is 1. The van der Waals surface area contributed by atoms with Crippen LogP contribution in [0.4, 0.5) is 5.69 Å². The number of nitrogens with one attached hydrogen (secondary N) is 1. The molecule has 0 saturated carbocycles. The van der Waals surface area contributed by atoms with Gasteiger partial charge in [-0.3, -0.25) is 19.7 Å². The van der Waals surface area contributed by atoms with Gasteiger partial charge in [0.2, 0.25) is 0 Å². The number of nitrogens with zero attached hydrogens (tertiary/aromatic N) is 2. The molecule has 0 fully saturated rings. The minimum atomic E-state index is -4.79. The van der Waals surface area contributed by atoms with Crippen molar-refractivity contribution in [3.05, 3.63) is 68.8 Å². The van der Waals surface area contributed by atoms with E-state index >= 15 is 0 Å². The number of aliphatic carboxylic acids is 1. The number of carboxylic acid groups (broad SMARTS) is 1. The van der Waals surface area contributed by atoms with Gasteiger partial charge in [-0.2, -0.15) is 0 Å². The Labute approximate surface area is 197 Å². The van der Waals surface area contributed by atoms with Crippen LogP contribution in [0.5, 0.6) is 0 Å². The van der Waals surface area contributed by atoms with Crippen molar-refractivity contribution in [3.63, 3.8) is 0 Å². The molecule has 2 aromatic rings. The average Bonchev–Trinajstić information content (AvgIpc) is 2.76. The van der Waals surface area contributed by atoms with Crippen LogP contribution >= 0.6 is 0 Å². The van der Waals surface area contributed by atoms with Crippen LogP contribution in [-0.4, -0.2) is 54.0 Å². The molecule has 2 N–H and O–H groups in total. The van der Waals surface area contributed by atoms with Gasteiger partial charge in [-0.05, 0) is 50.5 Å². The van der Waals surface area contributed by atoms with Crippen LogP contribution in [0.1, 0.15) is 29.2 Å². The summed E-state index contributed by atoms with van der Waals surface area (Å²) in [6.07, 6.45) is -0.0140. The van der Waals surface area contributed by atoms with Gasteiger partial charge in [-0.25, -0.2) is 13.8 Å². The SMILES string of the molecule is COC(=O)[C@H](Cc1c(C)cc(C)cc1C)NN([C@@H](C)C(=O)O)S(=O)(=O)c1ccccc1[N+](=O)[O-]. The van der Waals surface area contributed by atoms with Crippen molar-refractivity contribution in [3.8, 4) is 0 Å². The summed E-state index contributed by atoms with van der Waals surface area (Å²) in [5, 5.41) is 21.0. The second-order valence-electron chi connectivity index (χ2n) is 7.83. The number of nitro groups is 1. The zero-order valence-electron chi connectivity index (χ0n) is 19.4. The van der Waals surface area contributed by atoms with E-state index in [9.17, 15) is 33.2 Å². The highest BCUT2D eigenvalue weighted by atomic mass is 32.2. The molecule has 0 radical (unpaired) electrons. The summed E-state index contributed by atoms with van der Waals surface area (Å²) in [6, 6.07) is 5.35. The van der Waals surface area contributed by atoms with Crippen LogP contribution in [0.3, 0.4) is 0 Å². The van der Waals surface area contributed by atoms with Gasteiger partial charge < -0.3 is 9.84 Å². The Bertz CT molecular complexity index is 1190. The lowest BCUT2D eigenvalue weighted by atomic mass is 9.94. The molecule has 0 bridgehead atoms. The molecule has 12 heteroatoms. The number of aryl methyl sites for hydroxylation is 3. The molecule has 0 unspecified atom stereocenters. The van der Waals surface area contributed by atoms with Crippen LogP contribution < -0.4 is 5.43 Å². The van der Waals surface area contributed by atoms with E-state index < -0.39 is 49.6 Å². The fourth-order valence-electron chi connectivity index (χ4n) is 3.64. The summed E-state index contributed by atoms with van der Waals surface area (Å²) >= 11 is 0. The van der Waals surface area contributed by atoms with E-state index in [1.54, 1.807) is 0 Å². The molecule has 11 nitrogen and oxygen atoms in total. The standard InChI is InChI=1S/C22H27N3O8S/c1-13-10-14(2)17(15(3)11-13)12-18(22(28)33-5)23-24(16(4)21(26)27)34(31,32)20-9-7-6-8-19(20)25(29)30/h6-11,16,18,23H,12H2,1-5H3,(H,26,27)/t16-,18-/m0/s1. The molecule has 184 valence electrons. The molecule has 0 heterocycles. The first-order valence-corrected chi connectivity index (χ1v) is 11.7. The van der Waals surface area contributed by atoms with Crippen LogP contribution in [0.2, 0.25) is 0 Å². The van der Waals surface area contributed by atoms with Crippen LogP contribution in [-0.2, 0) is 30.8 Å².